The second-order valence-electron chi connectivity index (χ2n) is 3.23. The number of hydrogen-bond acceptors (Lipinski definition) is 2. The van der Waals surface area contributed by atoms with Crippen LogP contribution in [0.1, 0.15) is 12.5 Å². The highest BCUT2D eigenvalue weighted by Crippen LogP contribution is 2.07. The lowest BCUT2D eigenvalue weighted by Crippen LogP contribution is -2.23. The number of benzene rings is 1. The number of hydrogen-bond donors (Lipinski definition) is 1. The predicted octanol–water partition coefficient (Wildman–Crippen LogP) is 1.29. The summed E-state index contributed by atoms with van der Waals surface area (Å²) in [6.07, 6.45) is 1.74. The highest BCUT2D eigenvalue weighted by molar-refractivity contribution is 5.47. The van der Waals surface area contributed by atoms with Gasteiger partial charge >= 0.3 is 0 Å². The number of carbonyl (C=O) groups excluding carboxylic acids is 1. The van der Waals surface area contributed by atoms with Gasteiger partial charge in [0.25, 0.3) is 0 Å². The molecule has 0 spiro atoms. The van der Waals surface area contributed by atoms with Gasteiger partial charge in [0.1, 0.15) is 0 Å². The quantitative estimate of drug-likeness (QED) is 0.564. The van der Waals surface area contributed by atoms with E-state index in [-0.39, 0.29) is 0 Å². The Hall–Kier alpha value is -1.51. The first-order chi connectivity index (χ1) is 6.76. The molecule has 0 unspecified atom stereocenters. The lowest BCUT2D eigenvalue weighted by Gasteiger charge is -2.14. The summed E-state index contributed by atoms with van der Waals surface area (Å²) >= 11 is 0. The first-order valence-electron chi connectivity index (χ1n) is 4.80. The normalized spacial score (nSPS) is 9.79. The molecule has 1 amide bonds. The van der Waals surface area contributed by atoms with Crippen molar-refractivity contribution >= 4 is 12.1 Å². The summed E-state index contributed by atoms with van der Waals surface area (Å²) in [5.74, 6) is 0. The molecule has 14 heavy (non-hydrogen) atoms. The maximum Gasteiger partial charge on any atom is 0.209 e. The summed E-state index contributed by atoms with van der Waals surface area (Å²) in [7, 11) is 0. The second kappa shape index (κ2) is 5.27. The SMILES string of the molecule is CCN(C=O)CCc1cccc(N)c1. The van der Waals surface area contributed by atoms with Gasteiger partial charge in [0.2, 0.25) is 6.41 Å². The minimum absolute atomic E-state index is 0.753. The Morgan fingerprint density at radius 1 is 1.50 bits per heavy atom. The van der Waals surface area contributed by atoms with E-state index in [1.807, 2.05) is 31.2 Å². The van der Waals surface area contributed by atoms with Crippen LogP contribution in [0.5, 0.6) is 0 Å². The van der Waals surface area contributed by atoms with Gasteiger partial charge in [-0.3, -0.25) is 4.79 Å². The van der Waals surface area contributed by atoms with Crippen LogP contribution in [0.4, 0.5) is 5.69 Å². The fraction of sp³-hybridized carbons (Fsp3) is 0.364. The third kappa shape index (κ3) is 3.09. The minimum Gasteiger partial charge on any atom is -0.399 e. The van der Waals surface area contributed by atoms with Gasteiger partial charge in [0.15, 0.2) is 0 Å². The summed E-state index contributed by atoms with van der Waals surface area (Å²) in [6, 6.07) is 7.76. The van der Waals surface area contributed by atoms with E-state index in [4.69, 9.17) is 5.73 Å². The van der Waals surface area contributed by atoms with Crippen LogP contribution in [0.3, 0.4) is 0 Å². The number of nitrogens with zero attached hydrogens (tertiary/aromatic N) is 1. The first kappa shape index (κ1) is 10.6. The van der Waals surface area contributed by atoms with E-state index in [2.05, 4.69) is 0 Å². The lowest BCUT2D eigenvalue weighted by molar-refractivity contribution is -0.117. The Morgan fingerprint density at radius 3 is 2.86 bits per heavy atom. The Morgan fingerprint density at radius 2 is 2.29 bits per heavy atom. The van der Waals surface area contributed by atoms with Crippen LogP contribution < -0.4 is 5.73 Å². The molecule has 1 aromatic carbocycles. The third-order valence-corrected chi connectivity index (χ3v) is 2.19. The van der Waals surface area contributed by atoms with Crippen molar-refractivity contribution < 1.29 is 4.79 Å². The van der Waals surface area contributed by atoms with Crippen LogP contribution in [0.2, 0.25) is 0 Å². The van der Waals surface area contributed by atoms with Crippen molar-refractivity contribution in [2.75, 3.05) is 18.8 Å². The Bertz CT molecular complexity index is 299. The van der Waals surface area contributed by atoms with Crippen molar-refractivity contribution in [3.05, 3.63) is 29.8 Å². The molecular formula is C11H16N2O. The molecule has 0 saturated heterocycles. The van der Waals surface area contributed by atoms with Crippen molar-refractivity contribution in [3.8, 4) is 0 Å². The highest BCUT2D eigenvalue weighted by atomic mass is 16.1. The van der Waals surface area contributed by atoms with Gasteiger partial charge in [-0.15, -0.1) is 0 Å². The van der Waals surface area contributed by atoms with Gasteiger partial charge in [0.05, 0.1) is 0 Å². The molecule has 0 aliphatic heterocycles. The van der Waals surface area contributed by atoms with Crippen molar-refractivity contribution in [1.82, 2.24) is 4.90 Å². The maximum absolute atomic E-state index is 10.5. The Kier molecular flexibility index (Phi) is 3.98. The number of nitrogen functional groups attached to an aromatic ring is 1. The van der Waals surface area contributed by atoms with Crippen LogP contribution in [0.15, 0.2) is 24.3 Å². The number of rotatable bonds is 5. The number of likely N-dealkylation sites (N-methyl/N-ethyl adjacent to an activating group) is 1. The molecule has 0 aromatic heterocycles. The fourth-order valence-corrected chi connectivity index (χ4v) is 1.31. The van der Waals surface area contributed by atoms with Crippen molar-refractivity contribution in [3.63, 3.8) is 0 Å². The largest absolute Gasteiger partial charge is 0.399 e. The molecule has 3 nitrogen and oxygen atoms in total. The molecule has 0 heterocycles. The van der Waals surface area contributed by atoms with Crippen molar-refractivity contribution in [2.45, 2.75) is 13.3 Å². The summed E-state index contributed by atoms with van der Waals surface area (Å²) in [4.78, 5) is 12.3. The molecule has 0 fully saturated rings. The average Bonchev–Trinajstić information content (AvgIpc) is 2.19. The first-order valence-corrected chi connectivity index (χ1v) is 4.80. The number of amides is 1. The molecule has 3 heteroatoms. The summed E-state index contributed by atoms with van der Waals surface area (Å²) in [6.45, 7) is 3.48. The monoisotopic (exact) mass is 192 g/mol. The highest BCUT2D eigenvalue weighted by Gasteiger charge is 1.99. The van der Waals surface area contributed by atoms with E-state index in [9.17, 15) is 4.79 Å². The number of carbonyl (C=O) groups is 1. The van der Waals surface area contributed by atoms with Crippen LogP contribution in [-0.2, 0) is 11.2 Å². The molecule has 0 aliphatic rings. The van der Waals surface area contributed by atoms with Gasteiger partial charge in [-0.05, 0) is 31.0 Å². The molecule has 0 aliphatic carbocycles. The zero-order chi connectivity index (χ0) is 10.4. The Balaban J connectivity index is 2.48. The molecule has 0 radical (unpaired) electrons. The predicted molar refractivity (Wildman–Crippen MR) is 57.9 cm³/mol. The lowest BCUT2D eigenvalue weighted by atomic mass is 10.1. The van der Waals surface area contributed by atoms with Crippen LogP contribution in [0.25, 0.3) is 0 Å². The molecule has 0 atom stereocenters. The standard InChI is InChI=1S/C11H16N2O/c1-2-13(9-14)7-6-10-4-3-5-11(12)8-10/h3-5,8-9H,2,6-7,12H2,1H3. The van der Waals surface area contributed by atoms with Crippen LogP contribution in [0, 0.1) is 0 Å². The van der Waals surface area contributed by atoms with E-state index in [1.165, 1.54) is 5.56 Å². The van der Waals surface area contributed by atoms with Gasteiger partial charge in [-0.1, -0.05) is 12.1 Å². The third-order valence-electron chi connectivity index (χ3n) is 2.19. The summed E-state index contributed by atoms with van der Waals surface area (Å²) in [5.41, 5.74) is 7.59. The maximum atomic E-state index is 10.5. The molecule has 0 saturated carbocycles. The van der Waals surface area contributed by atoms with Gasteiger partial charge in [-0.2, -0.15) is 0 Å². The van der Waals surface area contributed by atoms with E-state index in [1.54, 1.807) is 4.90 Å². The van der Waals surface area contributed by atoms with Crippen LogP contribution in [-0.4, -0.2) is 24.4 Å². The van der Waals surface area contributed by atoms with E-state index in [0.717, 1.165) is 31.6 Å². The van der Waals surface area contributed by atoms with E-state index < -0.39 is 0 Å². The fourth-order valence-electron chi connectivity index (χ4n) is 1.31. The molecule has 1 aromatic rings. The number of anilines is 1. The molecule has 76 valence electrons. The molecule has 2 N–H and O–H groups in total. The zero-order valence-electron chi connectivity index (χ0n) is 8.44. The van der Waals surface area contributed by atoms with E-state index in [0.29, 0.717) is 0 Å². The van der Waals surface area contributed by atoms with Crippen molar-refractivity contribution in [2.24, 2.45) is 0 Å². The van der Waals surface area contributed by atoms with Gasteiger partial charge in [-0.25, -0.2) is 0 Å². The topological polar surface area (TPSA) is 46.3 Å². The number of nitrogens with two attached hydrogens (primary N) is 1. The summed E-state index contributed by atoms with van der Waals surface area (Å²) < 4.78 is 0. The average molecular weight is 192 g/mol. The van der Waals surface area contributed by atoms with Crippen LogP contribution >= 0.6 is 0 Å². The second-order valence-corrected chi connectivity index (χ2v) is 3.23. The molecular weight excluding hydrogens is 176 g/mol. The zero-order valence-corrected chi connectivity index (χ0v) is 8.44. The van der Waals surface area contributed by atoms with Crippen molar-refractivity contribution in [1.29, 1.82) is 0 Å². The molecule has 0 bridgehead atoms. The van der Waals surface area contributed by atoms with Gasteiger partial charge in [0, 0.05) is 18.8 Å². The Labute approximate surface area is 84.5 Å². The van der Waals surface area contributed by atoms with Gasteiger partial charge < -0.3 is 10.6 Å². The smallest absolute Gasteiger partial charge is 0.209 e. The summed E-state index contributed by atoms with van der Waals surface area (Å²) in [5, 5.41) is 0. The molecule has 1 rings (SSSR count). The van der Waals surface area contributed by atoms with E-state index >= 15 is 0 Å². The minimum atomic E-state index is 0.753.